The Hall–Kier alpha value is -3.86. The third-order valence-electron chi connectivity index (χ3n) is 5.35. The summed E-state index contributed by atoms with van der Waals surface area (Å²) in [4.78, 5) is 16.0. The van der Waals surface area contributed by atoms with Gasteiger partial charge in [0.15, 0.2) is 0 Å². The normalized spacial score (nSPS) is 11.5. The topological polar surface area (TPSA) is 66.5 Å². The molecule has 0 bridgehead atoms. The summed E-state index contributed by atoms with van der Waals surface area (Å²) in [7, 11) is 0. The van der Waals surface area contributed by atoms with Crippen molar-refractivity contribution < 1.29 is 9.53 Å². The van der Waals surface area contributed by atoms with E-state index in [1.165, 1.54) is 5.56 Å². The number of fused-ring (bicyclic) bond motifs is 1. The van der Waals surface area contributed by atoms with Crippen LogP contribution in [-0.4, -0.2) is 16.6 Å². The Kier molecular flexibility index (Phi) is 6.66. The first-order valence-corrected chi connectivity index (χ1v) is 10.7. The number of carbonyl (C=O) groups excluding carboxylic acids is 1. The Balaban J connectivity index is 1.43. The molecule has 0 unspecified atom stereocenters. The quantitative estimate of drug-likeness (QED) is 0.296. The van der Waals surface area contributed by atoms with Crippen LogP contribution >= 0.6 is 0 Å². The van der Waals surface area contributed by atoms with Crippen molar-refractivity contribution in [3.63, 3.8) is 0 Å². The lowest BCUT2D eigenvalue weighted by Gasteiger charge is -2.07. The second-order valence-electron chi connectivity index (χ2n) is 7.93. The number of carbonyl (C=O) groups is 1. The molecule has 0 fully saturated rings. The van der Waals surface area contributed by atoms with Gasteiger partial charge in [-0.15, -0.1) is 0 Å². The molecule has 0 saturated carbocycles. The average Bonchev–Trinajstić information content (AvgIpc) is 3.12. The molecule has 4 rings (SSSR count). The molecule has 4 aromatic rings. The third-order valence-corrected chi connectivity index (χ3v) is 5.35. The van der Waals surface area contributed by atoms with Crippen molar-refractivity contribution in [2.24, 2.45) is 5.10 Å². The molecule has 0 aliphatic heterocycles. The van der Waals surface area contributed by atoms with Crippen LogP contribution in [0.1, 0.15) is 29.3 Å². The summed E-state index contributed by atoms with van der Waals surface area (Å²) in [6.45, 7) is 4.40. The molecule has 0 spiro atoms. The molecule has 32 heavy (non-hydrogen) atoms. The number of H-pyrrole nitrogens is 1. The van der Waals surface area contributed by atoms with Gasteiger partial charge in [0.1, 0.15) is 12.4 Å². The van der Waals surface area contributed by atoms with E-state index < -0.39 is 0 Å². The highest BCUT2D eigenvalue weighted by Crippen LogP contribution is 2.27. The number of hydrogen-bond acceptors (Lipinski definition) is 3. The summed E-state index contributed by atoms with van der Waals surface area (Å²) in [6, 6.07) is 26.1. The molecule has 5 nitrogen and oxygen atoms in total. The molecule has 0 radical (unpaired) electrons. The highest BCUT2D eigenvalue weighted by molar-refractivity contribution is 5.92. The Labute approximate surface area is 188 Å². The fourth-order valence-electron chi connectivity index (χ4n) is 3.71. The number of nitrogens with zero attached hydrogens (tertiary/aromatic N) is 1. The van der Waals surface area contributed by atoms with E-state index in [0.29, 0.717) is 13.0 Å². The van der Waals surface area contributed by atoms with Crippen molar-refractivity contribution in [1.29, 1.82) is 0 Å². The van der Waals surface area contributed by atoms with Gasteiger partial charge >= 0.3 is 0 Å². The molecule has 3 aromatic carbocycles. The summed E-state index contributed by atoms with van der Waals surface area (Å²) >= 11 is 0. The number of aromatic nitrogens is 1. The van der Waals surface area contributed by atoms with Gasteiger partial charge in [-0.2, -0.15) is 5.10 Å². The van der Waals surface area contributed by atoms with Crippen molar-refractivity contribution >= 4 is 22.5 Å². The van der Waals surface area contributed by atoms with Gasteiger partial charge < -0.3 is 9.72 Å². The summed E-state index contributed by atoms with van der Waals surface area (Å²) in [6.07, 6.45) is 0.950. The number of hydrogen-bond donors (Lipinski definition) is 2. The monoisotopic (exact) mass is 425 g/mol. The van der Waals surface area contributed by atoms with Gasteiger partial charge in [-0.25, -0.2) is 5.43 Å². The minimum Gasteiger partial charge on any atom is -0.489 e. The number of ether oxygens (including phenoxy) is 1. The molecule has 5 heteroatoms. The molecule has 0 saturated heterocycles. The van der Waals surface area contributed by atoms with Crippen molar-refractivity contribution in [2.45, 2.75) is 33.3 Å². The van der Waals surface area contributed by atoms with Crippen LogP contribution in [0, 0.1) is 6.92 Å². The van der Waals surface area contributed by atoms with Crippen LogP contribution in [0.3, 0.4) is 0 Å². The molecule has 0 aliphatic rings. The van der Waals surface area contributed by atoms with Crippen molar-refractivity contribution in [3.8, 4) is 5.75 Å². The third kappa shape index (κ3) is 5.43. The lowest BCUT2D eigenvalue weighted by molar-refractivity contribution is -0.120. The van der Waals surface area contributed by atoms with Gasteiger partial charge in [0, 0.05) is 28.7 Å². The zero-order valence-corrected chi connectivity index (χ0v) is 18.4. The van der Waals surface area contributed by atoms with Crippen LogP contribution in [0.25, 0.3) is 10.9 Å². The first kappa shape index (κ1) is 21.4. The predicted octanol–water partition coefficient (Wildman–Crippen LogP) is 5.33. The summed E-state index contributed by atoms with van der Waals surface area (Å²) < 4.78 is 5.97. The number of nitrogens with one attached hydrogen (secondary N) is 2. The summed E-state index contributed by atoms with van der Waals surface area (Å²) in [5.74, 6) is 0.635. The van der Waals surface area contributed by atoms with Crippen LogP contribution in [0.2, 0.25) is 0 Å². The number of aromatic amines is 1. The van der Waals surface area contributed by atoms with Crippen molar-refractivity contribution in [2.75, 3.05) is 0 Å². The zero-order chi connectivity index (χ0) is 22.3. The molecule has 1 heterocycles. The van der Waals surface area contributed by atoms with E-state index in [1.54, 1.807) is 0 Å². The van der Waals surface area contributed by atoms with Crippen LogP contribution in [0.4, 0.5) is 0 Å². The van der Waals surface area contributed by atoms with Gasteiger partial charge in [-0.1, -0.05) is 60.7 Å². The van der Waals surface area contributed by atoms with Crippen LogP contribution in [0.5, 0.6) is 5.75 Å². The van der Waals surface area contributed by atoms with Gasteiger partial charge in [-0.3, -0.25) is 4.79 Å². The maximum absolute atomic E-state index is 12.6. The second-order valence-corrected chi connectivity index (χ2v) is 7.93. The van der Waals surface area contributed by atoms with Crippen molar-refractivity contribution in [1.82, 2.24) is 10.4 Å². The van der Waals surface area contributed by atoms with Gasteiger partial charge in [0.2, 0.25) is 5.91 Å². The number of amides is 1. The maximum atomic E-state index is 12.6. The smallest absolute Gasteiger partial charge is 0.244 e. The number of hydrazone groups is 1. The number of benzene rings is 3. The van der Waals surface area contributed by atoms with E-state index in [-0.39, 0.29) is 12.3 Å². The van der Waals surface area contributed by atoms with Crippen LogP contribution in [0.15, 0.2) is 84.0 Å². The molecule has 2 N–H and O–H groups in total. The first-order chi connectivity index (χ1) is 15.6. The lowest BCUT2D eigenvalue weighted by Crippen LogP contribution is -2.21. The largest absolute Gasteiger partial charge is 0.489 e. The predicted molar refractivity (Wildman–Crippen MR) is 129 cm³/mol. The standard InChI is InChI=1S/C27H27N3O2/c1-19(15-21-9-5-3-6-10-21)29-30-27(31)17-24-20(2)28-26-14-13-23(16-25(24)26)32-18-22-11-7-4-8-12-22/h3-14,16,28H,15,17-18H2,1-2H3,(H,30,31)/b29-19-. The number of aryl methyl sites for hydroxylation is 1. The molecular formula is C27H27N3O2. The summed E-state index contributed by atoms with van der Waals surface area (Å²) in [5.41, 5.74) is 8.75. The first-order valence-electron chi connectivity index (χ1n) is 10.7. The van der Waals surface area contributed by atoms with E-state index in [9.17, 15) is 4.79 Å². The molecule has 0 atom stereocenters. The minimum absolute atomic E-state index is 0.142. The van der Waals surface area contributed by atoms with E-state index in [4.69, 9.17) is 4.74 Å². The highest BCUT2D eigenvalue weighted by atomic mass is 16.5. The minimum atomic E-state index is -0.142. The molecule has 0 aliphatic carbocycles. The van der Waals surface area contributed by atoms with E-state index in [1.807, 2.05) is 92.7 Å². The van der Waals surface area contributed by atoms with Crippen molar-refractivity contribution in [3.05, 3.63) is 101 Å². The SMILES string of the molecule is C/C(Cc1ccccc1)=N/NC(=O)Cc1c(C)[nH]c2ccc(OCc3ccccc3)cc12. The van der Waals surface area contributed by atoms with Gasteiger partial charge in [-0.05, 0) is 48.7 Å². The molecule has 1 amide bonds. The van der Waals surface area contributed by atoms with Crippen LogP contribution < -0.4 is 10.2 Å². The maximum Gasteiger partial charge on any atom is 0.244 e. The fraction of sp³-hybridized carbons (Fsp3) is 0.185. The Morgan fingerprint density at radius 1 is 0.938 bits per heavy atom. The Morgan fingerprint density at radius 2 is 1.62 bits per heavy atom. The van der Waals surface area contributed by atoms with E-state index in [2.05, 4.69) is 15.5 Å². The Morgan fingerprint density at radius 3 is 2.34 bits per heavy atom. The second kappa shape index (κ2) is 9.96. The van der Waals surface area contributed by atoms with E-state index in [0.717, 1.165) is 39.2 Å². The summed E-state index contributed by atoms with van der Waals surface area (Å²) in [5, 5.41) is 5.27. The average molecular weight is 426 g/mol. The Bertz CT molecular complexity index is 1230. The van der Waals surface area contributed by atoms with Gasteiger partial charge in [0.05, 0.1) is 6.42 Å². The molecule has 162 valence electrons. The fourth-order valence-corrected chi connectivity index (χ4v) is 3.71. The highest BCUT2D eigenvalue weighted by Gasteiger charge is 2.13. The zero-order valence-electron chi connectivity index (χ0n) is 18.4. The molecular weight excluding hydrogens is 398 g/mol. The lowest BCUT2D eigenvalue weighted by atomic mass is 10.1. The van der Waals surface area contributed by atoms with Crippen LogP contribution in [-0.2, 0) is 24.2 Å². The van der Waals surface area contributed by atoms with Gasteiger partial charge in [0.25, 0.3) is 0 Å². The van der Waals surface area contributed by atoms with E-state index >= 15 is 0 Å². The number of rotatable bonds is 8. The molecule has 1 aromatic heterocycles.